The van der Waals surface area contributed by atoms with E-state index in [1.54, 1.807) is 12.1 Å². The van der Waals surface area contributed by atoms with Crippen LogP contribution in [-0.2, 0) is 6.54 Å². The van der Waals surface area contributed by atoms with E-state index >= 15 is 0 Å². The van der Waals surface area contributed by atoms with Gasteiger partial charge >= 0.3 is 5.63 Å². The minimum absolute atomic E-state index is 0.146. The van der Waals surface area contributed by atoms with E-state index in [1.165, 1.54) is 16.9 Å². The molecule has 0 bridgehead atoms. The van der Waals surface area contributed by atoms with Crippen LogP contribution < -0.4 is 10.9 Å². The van der Waals surface area contributed by atoms with Crippen molar-refractivity contribution in [3.05, 3.63) is 81.0 Å². The van der Waals surface area contributed by atoms with E-state index in [9.17, 15) is 9.59 Å². The van der Waals surface area contributed by atoms with Crippen molar-refractivity contribution in [3.8, 4) is 0 Å². The van der Waals surface area contributed by atoms with Crippen LogP contribution in [0.3, 0.4) is 0 Å². The van der Waals surface area contributed by atoms with Gasteiger partial charge in [-0.2, -0.15) is 0 Å². The molecule has 0 atom stereocenters. The van der Waals surface area contributed by atoms with Crippen molar-refractivity contribution in [2.45, 2.75) is 26.8 Å². The maximum absolute atomic E-state index is 12.7. The monoisotopic (exact) mass is 434 g/mol. The summed E-state index contributed by atoms with van der Waals surface area (Å²) >= 11 is 1.35. The summed E-state index contributed by atoms with van der Waals surface area (Å²) in [6, 6.07) is 17.8. The number of aryl methyl sites for hydroxylation is 1. The van der Waals surface area contributed by atoms with Crippen LogP contribution in [0.4, 0.5) is 0 Å². The third-order valence-electron chi connectivity index (χ3n) is 5.39. The highest BCUT2D eigenvalue weighted by atomic mass is 32.1. The first-order valence-electron chi connectivity index (χ1n) is 10.6. The van der Waals surface area contributed by atoms with Gasteiger partial charge in [0.2, 0.25) is 0 Å². The number of amides is 1. The van der Waals surface area contributed by atoms with Crippen molar-refractivity contribution in [2.75, 3.05) is 19.6 Å². The lowest BCUT2D eigenvalue weighted by molar-refractivity contribution is 0.0955. The molecule has 0 aliphatic heterocycles. The van der Waals surface area contributed by atoms with E-state index in [2.05, 4.69) is 41.4 Å². The predicted octanol–water partition coefficient (Wildman–Crippen LogP) is 4.96. The fourth-order valence-corrected chi connectivity index (χ4v) is 4.79. The summed E-state index contributed by atoms with van der Waals surface area (Å²) < 4.78 is 6.23. The molecular formula is C25H26N2O3S. The second-order valence-electron chi connectivity index (χ2n) is 7.71. The number of rotatable bonds is 8. The van der Waals surface area contributed by atoms with Crippen LogP contribution in [-0.4, -0.2) is 30.4 Å². The summed E-state index contributed by atoms with van der Waals surface area (Å²) in [4.78, 5) is 27.9. The smallest absolute Gasteiger partial charge is 0.345 e. The van der Waals surface area contributed by atoms with Gasteiger partial charge in [-0.1, -0.05) is 48.9 Å². The first-order chi connectivity index (χ1) is 15.0. The number of hydrogen-bond acceptors (Lipinski definition) is 5. The first-order valence-corrected chi connectivity index (χ1v) is 11.4. The van der Waals surface area contributed by atoms with Gasteiger partial charge in [0.25, 0.3) is 5.91 Å². The van der Waals surface area contributed by atoms with Crippen LogP contribution >= 0.6 is 11.3 Å². The zero-order valence-corrected chi connectivity index (χ0v) is 18.6. The molecule has 0 saturated carbocycles. The lowest BCUT2D eigenvalue weighted by Crippen LogP contribution is -2.29. The van der Waals surface area contributed by atoms with Crippen molar-refractivity contribution in [2.24, 2.45) is 0 Å². The van der Waals surface area contributed by atoms with Gasteiger partial charge in [0, 0.05) is 25.0 Å². The molecular weight excluding hydrogens is 408 g/mol. The van der Waals surface area contributed by atoms with E-state index in [0.717, 1.165) is 41.7 Å². The lowest BCUT2D eigenvalue weighted by atomic mass is 10.1. The zero-order valence-electron chi connectivity index (χ0n) is 17.8. The van der Waals surface area contributed by atoms with Gasteiger partial charge in [0.05, 0.1) is 15.0 Å². The third-order valence-corrected chi connectivity index (χ3v) is 6.56. The normalized spacial score (nSPS) is 11.5. The second-order valence-corrected chi connectivity index (χ2v) is 8.76. The molecule has 0 aliphatic carbocycles. The first kappa shape index (κ1) is 21.3. The maximum atomic E-state index is 12.7. The number of thiophene rings is 1. The molecule has 0 unspecified atom stereocenters. The molecule has 2 aromatic carbocycles. The highest BCUT2D eigenvalue weighted by molar-refractivity contribution is 7.21. The van der Waals surface area contributed by atoms with Gasteiger partial charge in [-0.15, -0.1) is 11.3 Å². The minimum Gasteiger partial charge on any atom is -0.422 e. The minimum atomic E-state index is -0.402. The van der Waals surface area contributed by atoms with Crippen LogP contribution in [0.1, 0.15) is 34.1 Å². The number of benzene rings is 2. The average molecular weight is 435 g/mol. The van der Waals surface area contributed by atoms with E-state index in [4.69, 9.17) is 4.42 Å². The summed E-state index contributed by atoms with van der Waals surface area (Å²) in [5.41, 5.74) is 2.52. The topological polar surface area (TPSA) is 62.6 Å². The summed E-state index contributed by atoms with van der Waals surface area (Å²) in [5.74, 6) is -0.146. The molecule has 2 heterocycles. The molecule has 0 aliphatic rings. The molecule has 2 aromatic heterocycles. The Labute approximate surface area is 185 Å². The van der Waals surface area contributed by atoms with Crippen LogP contribution in [0, 0.1) is 6.92 Å². The Morgan fingerprint density at radius 1 is 1.10 bits per heavy atom. The molecule has 5 nitrogen and oxygen atoms in total. The standard InChI is InChI=1S/C25H26N2O3S/c1-3-27(16-18-8-5-4-6-9-18)13-7-12-26-24(28)22-15-20-23(31-22)19-14-17(2)10-11-21(19)30-25(20)29/h4-6,8-11,14-15H,3,7,12-13,16H2,1-2H3,(H,26,28). The van der Waals surface area contributed by atoms with E-state index in [0.29, 0.717) is 22.4 Å². The van der Waals surface area contributed by atoms with Crippen LogP contribution in [0.5, 0.6) is 0 Å². The average Bonchev–Trinajstić information content (AvgIpc) is 3.24. The van der Waals surface area contributed by atoms with Crippen LogP contribution in [0.25, 0.3) is 21.1 Å². The van der Waals surface area contributed by atoms with Crippen molar-refractivity contribution < 1.29 is 9.21 Å². The van der Waals surface area contributed by atoms with Crippen molar-refractivity contribution in [1.29, 1.82) is 0 Å². The molecule has 0 radical (unpaired) electrons. The number of hydrogen-bond donors (Lipinski definition) is 1. The Morgan fingerprint density at radius 3 is 2.68 bits per heavy atom. The third kappa shape index (κ3) is 4.86. The van der Waals surface area contributed by atoms with Gasteiger partial charge in [-0.05, 0) is 43.7 Å². The Bertz CT molecular complexity index is 1260. The number of nitrogens with one attached hydrogen (secondary N) is 1. The van der Waals surface area contributed by atoms with E-state index in [1.807, 2.05) is 25.1 Å². The quantitative estimate of drug-likeness (QED) is 0.315. The number of carbonyl (C=O) groups excluding carboxylic acids is 1. The molecule has 6 heteroatoms. The van der Waals surface area contributed by atoms with Gasteiger partial charge in [0.15, 0.2) is 0 Å². The molecule has 1 amide bonds. The maximum Gasteiger partial charge on any atom is 0.345 e. The van der Waals surface area contributed by atoms with Crippen molar-refractivity contribution in [3.63, 3.8) is 0 Å². The molecule has 31 heavy (non-hydrogen) atoms. The Kier molecular flexibility index (Phi) is 6.49. The Morgan fingerprint density at radius 2 is 1.90 bits per heavy atom. The van der Waals surface area contributed by atoms with E-state index < -0.39 is 5.63 Å². The van der Waals surface area contributed by atoms with Crippen molar-refractivity contribution in [1.82, 2.24) is 10.2 Å². The lowest BCUT2D eigenvalue weighted by Gasteiger charge is -2.20. The van der Waals surface area contributed by atoms with Gasteiger partial charge in [-0.25, -0.2) is 4.79 Å². The highest BCUT2D eigenvalue weighted by Crippen LogP contribution is 2.31. The number of carbonyl (C=O) groups is 1. The summed E-state index contributed by atoms with van der Waals surface area (Å²) in [5, 5.41) is 4.33. The SMILES string of the molecule is CCN(CCCNC(=O)c1cc2c(=O)oc3ccc(C)cc3c2s1)Cc1ccccc1. The molecule has 1 N–H and O–H groups in total. The Balaban J connectivity index is 1.39. The summed E-state index contributed by atoms with van der Waals surface area (Å²) in [6.07, 6.45) is 0.863. The molecule has 0 fully saturated rings. The van der Waals surface area contributed by atoms with E-state index in [-0.39, 0.29) is 5.91 Å². The number of nitrogens with zero attached hydrogens (tertiary/aromatic N) is 1. The predicted molar refractivity (Wildman–Crippen MR) is 127 cm³/mol. The van der Waals surface area contributed by atoms with Gasteiger partial charge < -0.3 is 9.73 Å². The Hall–Kier alpha value is -2.96. The molecule has 4 rings (SSSR count). The molecule has 0 spiro atoms. The fourth-order valence-electron chi connectivity index (χ4n) is 3.70. The fraction of sp³-hybridized carbons (Fsp3) is 0.280. The summed E-state index contributed by atoms with van der Waals surface area (Å²) in [6.45, 7) is 7.51. The largest absolute Gasteiger partial charge is 0.422 e. The van der Waals surface area contributed by atoms with Crippen LogP contribution in [0.2, 0.25) is 0 Å². The van der Waals surface area contributed by atoms with Gasteiger partial charge in [-0.3, -0.25) is 9.69 Å². The second kappa shape index (κ2) is 9.45. The van der Waals surface area contributed by atoms with Crippen molar-refractivity contribution >= 4 is 38.3 Å². The molecule has 0 saturated heterocycles. The molecule has 160 valence electrons. The van der Waals surface area contributed by atoms with Crippen LogP contribution in [0.15, 0.2) is 63.8 Å². The number of fused-ring (bicyclic) bond motifs is 3. The highest BCUT2D eigenvalue weighted by Gasteiger charge is 2.16. The van der Waals surface area contributed by atoms with Gasteiger partial charge in [0.1, 0.15) is 5.58 Å². The summed E-state index contributed by atoms with van der Waals surface area (Å²) in [7, 11) is 0. The zero-order chi connectivity index (χ0) is 21.8. The molecule has 4 aromatic rings.